The molecule has 3 heteroatoms. The van der Waals surface area contributed by atoms with E-state index in [4.69, 9.17) is 5.73 Å². The molecule has 3 atom stereocenters. The van der Waals surface area contributed by atoms with Crippen molar-refractivity contribution >= 4 is 0 Å². The Morgan fingerprint density at radius 3 is 3.06 bits per heavy atom. The Labute approximate surface area is 106 Å². The third-order valence-corrected chi connectivity index (χ3v) is 4.32. The summed E-state index contributed by atoms with van der Waals surface area (Å²) in [7, 11) is 0. The van der Waals surface area contributed by atoms with Gasteiger partial charge in [0.15, 0.2) is 0 Å². The molecule has 0 radical (unpaired) electrons. The fourth-order valence-electron chi connectivity index (χ4n) is 3.69. The van der Waals surface area contributed by atoms with Crippen LogP contribution in [0.3, 0.4) is 0 Å². The highest BCUT2D eigenvalue weighted by atomic mass is 16.1. The highest BCUT2D eigenvalue weighted by Gasteiger charge is 2.46. The average Bonchev–Trinajstić information content (AvgIpc) is 2.26. The van der Waals surface area contributed by atoms with Gasteiger partial charge in [-0.3, -0.25) is 4.79 Å². The SMILES string of the molecule is C=C[C@H]1[C@H]2C=C(C)C[C@]1(N)c1ccc(=O)[nH]c1C2. The molecule has 3 N–H and O–H groups in total. The summed E-state index contributed by atoms with van der Waals surface area (Å²) in [6.07, 6.45) is 5.94. The zero-order valence-electron chi connectivity index (χ0n) is 10.6. The Morgan fingerprint density at radius 1 is 1.56 bits per heavy atom. The maximum atomic E-state index is 11.4. The molecule has 0 saturated carbocycles. The highest BCUT2D eigenvalue weighted by Crippen LogP contribution is 2.48. The number of hydrogen-bond donors (Lipinski definition) is 2. The molecule has 0 spiro atoms. The molecule has 2 aliphatic carbocycles. The first-order valence-corrected chi connectivity index (χ1v) is 6.36. The molecule has 3 rings (SSSR count). The first-order chi connectivity index (χ1) is 8.54. The lowest BCUT2D eigenvalue weighted by Gasteiger charge is -2.48. The van der Waals surface area contributed by atoms with E-state index in [1.54, 1.807) is 6.07 Å². The maximum Gasteiger partial charge on any atom is 0.248 e. The minimum absolute atomic E-state index is 0.0480. The fraction of sp³-hybridized carbons (Fsp3) is 0.400. The van der Waals surface area contributed by atoms with Crippen LogP contribution in [0.4, 0.5) is 0 Å². The second-order valence-corrected chi connectivity index (χ2v) is 5.57. The van der Waals surface area contributed by atoms with Crippen molar-refractivity contribution in [1.29, 1.82) is 0 Å². The zero-order valence-corrected chi connectivity index (χ0v) is 10.6. The van der Waals surface area contributed by atoms with Gasteiger partial charge >= 0.3 is 0 Å². The molecule has 0 fully saturated rings. The van der Waals surface area contributed by atoms with Gasteiger partial charge in [0.2, 0.25) is 5.56 Å². The molecule has 18 heavy (non-hydrogen) atoms. The van der Waals surface area contributed by atoms with Crippen LogP contribution in [0.25, 0.3) is 0 Å². The number of fused-ring (bicyclic) bond motifs is 4. The smallest absolute Gasteiger partial charge is 0.248 e. The third-order valence-electron chi connectivity index (χ3n) is 4.32. The number of H-pyrrole nitrogens is 1. The van der Waals surface area contributed by atoms with Crippen molar-refractivity contribution in [3.63, 3.8) is 0 Å². The lowest BCUT2D eigenvalue weighted by Crippen LogP contribution is -2.52. The molecule has 2 aliphatic rings. The largest absolute Gasteiger partial charge is 0.326 e. The van der Waals surface area contributed by atoms with Gasteiger partial charge < -0.3 is 10.7 Å². The second-order valence-electron chi connectivity index (χ2n) is 5.57. The average molecular weight is 242 g/mol. The van der Waals surface area contributed by atoms with Gasteiger partial charge in [-0.25, -0.2) is 0 Å². The zero-order chi connectivity index (χ0) is 12.9. The molecular weight excluding hydrogens is 224 g/mol. The maximum absolute atomic E-state index is 11.4. The molecule has 0 amide bonds. The van der Waals surface area contributed by atoms with Gasteiger partial charge in [0.1, 0.15) is 0 Å². The Hall–Kier alpha value is -1.61. The molecule has 2 bridgehead atoms. The summed E-state index contributed by atoms with van der Waals surface area (Å²) in [4.78, 5) is 14.4. The van der Waals surface area contributed by atoms with E-state index in [1.807, 2.05) is 12.1 Å². The molecule has 1 aromatic heterocycles. The van der Waals surface area contributed by atoms with E-state index in [1.165, 1.54) is 5.57 Å². The van der Waals surface area contributed by atoms with Gasteiger partial charge in [0.05, 0.1) is 5.54 Å². The summed E-state index contributed by atoms with van der Waals surface area (Å²) < 4.78 is 0. The van der Waals surface area contributed by atoms with Crippen LogP contribution in [0.1, 0.15) is 24.6 Å². The number of hydrogen-bond acceptors (Lipinski definition) is 2. The van der Waals surface area contributed by atoms with Crippen LogP contribution in [0.5, 0.6) is 0 Å². The van der Waals surface area contributed by atoms with Crippen molar-refractivity contribution in [1.82, 2.24) is 4.98 Å². The number of nitrogens with two attached hydrogens (primary N) is 1. The molecule has 1 heterocycles. The van der Waals surface area contributed by atoms with Gasteiger partial charge in [-0.15, -0.1) is 6.58 Å². The highest BCUT2D eigenvalue weighted by molar-refractivity contribution is 5.40. The summed E-state index contributed by atoms with van der Waals surface area (Å²) in [5.41, 5.74) is 9.62. The predicted molar refractivity (Wildman–Crippen MR) is 72.2 cm³/mol. The molecule has 3 nitrogen and oxygen atoms in total. The van der Waals surface area contributed by atoms with Crippen LogP contribution in [0.15, 0.2) is 41.2 Å². The topological polar surface area (TPSA) is 58.9 Å². The monoisotopic (exact) mass is 242 g/mol. The minimum atomic E-state index is -0.414. The van der Waals surface area contributed by atoms with Crippen LogP contribution in [-0.2, 0) is 12.0 Å². The second kappa shape index (κ2) is 3.69. The third kappa shape index (κ3) is 1.44. The van der Waals surface area contributed by atoms with E-state index in [9.17, 15) is 4.79 Å². The van der Waals surface area contributed by atoms with Crippen molar-refractivity contribution in [2.75, 3.05) is 0 Å². The van der Waals surface area contributed by atoms with Crippen molar-refractivity contribution in [2.45, 2.75) is 25.3 Å². The van der Waals surface area contributed by atoms with Crippen LogP contribution in [0.2, 0.25) is 0 Å². The Morgan fingerprint density at radius 2 is 2.33 bits per heavy atom. The van der Waals surface area contributed by atoms with Gasteiger partial charge in [-0.1, -0.05) is 17.7 Å². The number of nitrogens with one attached hydrogen (secondary N) is 1. The predicted octanol–water partition coefficient (Wildman–Crippen LogP) is 1.85. The summed E-state index contributed by atoms with van der Waals surface area (Å²) in [6, 6.07) is 3.46. The lowest BCUT2D eigenvalue weighted by molar-refractivity contribution is 0.219. The molecule has 1 aromatic rings. The first-order valence-electron chi connectivity index (χ1n) is 6.36. The van der Waals surface area contributed by atoms with Crippen LogP contribution < -0.4 is 11.3 Å². The van der Waals surface area contributed by atoms with Gasteiger partial charge in [0, 0.05) is 17.7 Å². The minimum Gasteiger partial charge on any atom is -0.326 e. The lowest BCUT2D eigenvalue weighted by atomic mass is 9.60. The number of rotatable bonds is 1. The van der Waals surface area contributed by atoms with Crippen LogP contribution >= 0.6 is 0 Å². The van der Waals surface area contributed by atoms with E-state index in [2.05, 4.69) is 24.6 Å². The van der Waals surface area contributed by atoms with E-state index in [0.29, 0.717) is 5.92 Å². The van der Waals surface area contributed by atoms with E-state index in [-0.39, 0.29) is 11.5 Å². The van der Waals surface area contributed by atoms with Crippen molar-refractivity contribution in [2.24, 2.45) is 17.6 Å². The van der Waals surface area contributed by atoms with Gasteiger partial charge in [0.25, 0.3) is 0 Å². The molecular formula is C15H18N2O. The van der Waals surface area contributed by atoms with Crippen molar-refractivity contribution in [3.05, 3.63) is 58.0 Å². The molecule has 94 valence electrons. The molecule has 0 aromatic carbocycles. The number of aromatic nitrogens is 1. The number of allylic oxidation sites excluding steroid dienone is 1. The Kier molecular flexibility index (Phi) is 2.35. The van der Waals surface area contributed by atoms with Crippen LogP contribution in [0, 0.1) is 11.8 Å². The molecule has 0 aliphatic heterocycles. The normalized spacial score (nSPS) is 33.6. The van der Waals surface area contributed by atoms with E-state index in [0.717, 1.165) is 24.1 Å². The molecule has 0 unspecified atom stereocenters. The van der Waals surface area contributed by atoms with E-state index < -0.39 is 5.54 Å². The molecule has 0 saturated heterocycles. The summed E-state index contributed by atoms with van der Waals surface area (Å²) in [5, 5.41) is 0. The Bertz CT molecular complexity index is 599. The van der Waals surface area contributed by atoms with Crippen molar-refractivity contribution in [3.8, 4) is 0 Å². The quantitative estimate of drug-likeness (QED) is 0.738. The van der Waals surface area contributed by atoms with E-state index >= 15 is 0 Å². The van der Waals surface area contributed by atoms with Gasteiger partial charge in [-0.05, 0) is 37.3 Å². The number of aromatic amines is 1. The summed E-state index contributed by atoms with van der Waals surface area (Å²) >= 11 is 0. The fourth-order valence-corrected chi connectivity index (χ4v) is 3.69. The van der Waals surface area contributed by atoms with Crippen LogP contribution in [-0.4, -0.2) is 4.98 Å². The summed E-state index contributed by atoms with van der Waals surface area (Å²) in [6.45, 7) is 6.08. The summed E-state index contributed by atoms with van der Waals surface area (Å²) in [5.74, 6) is 0.603. The first kappa shape index (κ1) is 11.5. The number of pyridine rings is 1. The standard InChI is InChI=1S/C15H18N2O/c1-3-11-10-6-9(2)8-15(11,16)12-4-5-14(18)17-13(12)7-10/h3-6,10-11H,1,7-8,16H2,2H3,(H,17,18)/t10-,11-,15+/m0/s1. The van der Waals surface area contributed by atoms with Crippen molar-refractivity contribution < 1.29 is 0 Å². The Balaban J connectivity index is 2.24. The van der Waals surface area contributed by atoms with Gasteiger partial charge in [-0.2, -0.15) is 0 Å².